The first kappa shape index (κ1) is 27.6. The largest absolute Gasteiger partial charge is 0.344 e. The predicted molar refractivity (Wildman–Crippen MR) is 187 cm³/mol. The number of nitrogens with zero attached hydrogens (tertiary/aromatic N) is 4. The van der Waals surface area contributed by atoms with Crippen LogP contribution in [0.25, 0.3) is 45.6 Å². The molecule has 0 fully saturated rings. The molecule has 2 aliphatic rings. The maximum atomic E-state index is 5.11. The molecule has 5 aromatic carbocycles. The summed E-state index contributed by atoms with van der Waals surface area (Å²) in [7, 11) is 0. The van der Waals surface area contributed by atoms with Gasteiger partial charge in [-0.3, -0.25) is 0 Å². The van der Waals surface area contributed by atoms with Crippen LogP contribution in [0.4, 0.5) is 0 Å². The molecule has 1 N–H and O–H groups in total. The standard InChI is InChI=1S/C41H31N5/c1-5-14-28(15-6-1)36-27-37(43-38(42-36)29-16-7-2-8-17-29)33-24-25-34-32(26-33)22-13-23-35(34)41-45-39(30-18-9-3-10-19-30)44-40(46-41)31-20-11-4-12-21-31/h1-12,14-22,24-27,39H,13,23H2,(H,44,45,46). The highest BCUT2D eigenvalue weighted by Gasteiger charge is 2.23. The second-order valence-corrected chi connectivity index (χ2v) is 11.5. The van der Waals surface area contributed by atoms with E-state index in [0.717, 1.165) is 63.7 Å². The molecule has 0 bridgehead atoms. The minimum atomic E-state index is -0.223. The fraction of sp³-hybridized carbons (Fsp3) is 0.0732. The second-order valence-electron chi connectivity index (χ2n) is 11.5. The monoisotopic (exact) mass is 593 g/mol. The van der Waals surface area contributed by atoms with E-state index in [1.807, 2.05) is 60.7 Å². The Hall–Kier alpha value is -5.94. The van der Waals surface area contributed by atoms with Gasteiger partial charge >= 0.3 is 0 Å². The lowest BCUT2D eigenvalue weighted by Gasteiger charge is -2.25. The molecule has 1 unspecified atom stereocenters. The van der Waals surface area contributed by atoms with Gasteiger partial charge in [-0.05, 0) is 41.0 Å². The minimum Gasteiger partial charge on any atom is -0.344 e. The molecule has 8 rings (SSSR count). The van der Waals surface area contributed by atoms with Crippen molar-refractivity contribution >= 4 is 23.3 Å². The summed E-state index contributed by atoms with van der Waals surface area (Å²) in [5.41, 5.74) is 8.22. The Kier molecular flexibility index (Phi) is 7.33. The van der Waals surface area contributed by atoms with Crippen molar-refractivity contribution in [3.63, 3.8) is 0 Å². The molecule has 46 heavy (non-hydrogen) atoms. The van der Waals surface area contributed by atoms with Crippen LogP contribution in [0.5, 0.6) is 0 Å². The molecule has 5 nitrogen and oxygen atoms in total. The lowest BCUT2D eigenvalue weighted by Crippen LogP contribution is -2.40. The molecule has 220 valence electrons. The first-order chi connectivity index (χ1) is 22.8. The maximum absolute atomic E-state index is 5.11. The normalized spacial score (nSPS) is 15.6. The van der Waals surface area contributed by atoms with E-state index in [0.29, 0.717) is 5.82 Å². The Morgan fingerprint density at radius 2 is 1.17 bits per heavy atom. The van der Waals surface area contributed by atoms with E-state index in [-0.39, 0.29) is 6.17 Å². The molecule has 2 heterocycles. The topological polar surface area (TPSA) is 62.5 Å². The second kappa shape index (κ2) is 12.2. The molecule has 0 saturated heterocycles. The molecule has 0 spiro atoms. The summed E-state index contributed by atoms with van der Waals surface area (Å²) in [6, 6.07) is 49.8. The molecule has 0 saturated carbocycles. The van der Waals surface area contributed by atoms with Crippen LogP contribution in [0.2, 0.25) is 0 Å². The first-order valence-corrected chi connectivity index (χ1v) is 15.7. The predicted octanol–water partition coefficient (Wildman–Crippen LogP) is 7.35. The lowest BCUT2D eigenvalue weighted by molar-refractivity contribution is 0.675. The number of rotatable bonds is 6. The Balaban J connectivity index is 1.24. The van der Waals surface area contributed by atoms with Gasteiger partial charge in [-0.25, -0.2) is 20.0 Å². The fourth-order valence-corrected chi connectivity index (χ4v) is 6.11. The van der Waals surface area contributed by atoms with Gasteiger partial charge in [-0.1, -0.05) is 140 Å². The number of benzene rings is 5. The van der Waals surface area contributed by atoms with Gasteiger partial charge in [-0.15, -0.1) is 0 Å². The summed E-state index contributed by atoms with van der Waals surface area (Å²) in [4.78, 5) is 20.2. The van der Waals surface area contributed by atoms with Crippen molar-refractivity contribution in [3.05, 3.63) is 167 Å². The number of aromatic nitrogens is 2. The third kappa shape index (κ3) is 5.55. The van der Waals surface area contributed by atoms with Crippen LogP contribution < -0.4 is 15.8 Å². The van der Waals surface area contributed by atoms with Crippen LogP contribution in [0.15, 0.2) is 156 Å². The van der Waals surface area contributed by atoms with Gasteiger partial charge < -0.3 is 5.32 Å². The first-order valence-electron chi connectivity index (χ1n) is 15.7. The molecule has 1 aliphatic heterocycles. The SMILES string of the molecule is C1=c2cc(-c3cc(-c4ccccc4)nc(-c4ccccc4)n3)ccc2=C(C2=NC(c3ccccc3)=NC(c3ccccc3)N2)CC1. The zero-order chi connectivity index (χ0) is 30.7. The Bertz CT molecular complexity index is 2150. The van der Waals surface area contributed by atoms with Crippen molar-refractivity contribution in [2.45, 2.75) is 19.0 Å². The molecular formula is C41H31N5. The zero-order valence-electron chi connectivity index (χ0n) is 25.2. The van der Waals surface area contributed by atoms with Crippen LogP contribution >= 0.6 is 0 Å². The van der Waals surface area contributed by atoms with Crippen LogP contribution in [0, 0.1) is 0 Å². The van der Waals surface area contributed by atoms with Crippen molar-refractivity contribution in [2.75, 3.05) is 0 Å². The number of aliphatic imine (C=N–C) groups is 2. The number of nitrogens with one attached hydrogen (secondary N) is 1. The number of amidine groups is 2. The highest BCUT2D eigenvalue weighted by molar-refractivity contribution is 6.23. The third-order valence-corrected chi connectivity index (χ3v) is 8.43. The van der Waals surface area contributed by atoms with E-state index >= 15 is 0 Å². The van der Waals surface area contributed by atoms with E-state index < -0.39 is 0 Å². The smallest absolute Gasteiger partial charge is 0.160 e. The number of hydrogen-bond donors (Lipinski definition) is 1. The van der Waals surface area contributed by atoms with E-state index in [4.69, 9.17) is 20.0 Å². The van der Waals surface area contributed by atoms with Crippen molar-refractivity contribution in [2.24, 2.45) is 9.98 Å². The highest BCUT2D eigenvalue weighted by atomic mass is 15.2. The van der Waals surface area contributed by atoms with Gasteiger partial charge in [0.1, 0.15) is 12.0 Å². The van der Waals surface area contributed by atoms with Crippen molar-refractivity contribution < 1.29 is 0 Å². The third-order valence-electron chi connectivity index (χ3n) is 8.43. The molecule has 6 aromatic rings. The molecule has 0 radical (unpaired) electrons. The number of hydrogen-bond acceptors (Lipinski definition) is 5. The van der Waals surface area contributed by atoms with E-state index in [2.05, 4.69) is 96.3 Å². The van der Waals surface area contributed by atoms with Gasteiger partial charge in [0.15, 0.2) is 11.7 Å². The Morgan fingerprint density at radius 3 is 1.87 bits per heavy atom. The summed E-state index contributed by atoms with van der Waals surface area (Å²) in [5, 5.41) is 6.04. The van der Waals surface area contributed by atoms with Crippen LogP contribution in [0.1, 0.15) is 30.1 Å². The quantitative estimate of drug-likeness (QED) is 0.220. The van der Waals surface area contributed by atoms with Gasteiger partial charge in [-0.2, -0.15) is 0 Å². The zero-order valence-corrected chi connectivity index (χ0v) is 25.2. The average Bonchev–Trinajstić information content (AvgIpc) is 3.15. The van der Waals surface area contributed by atoms with E-state index in [1.54, 1.807) is 0 Å². The summed E-state index contributed by atoms with van der Waals surface area (Å²) in [5.74, 6) is 2.34. The van der Waals surface area contributed by atoms with Gasteiger partial charge in [0.05, 0.1) is 11.4 Å². The average molecular weight is 594 g/mol. The summed E-state index contributed by atoms with van der Waals surface area (Å²) in [6.07, 6.45) is 3.92. The highest BCUT2D eigenvalue weighted by Crippen LogP contribution is 2.28. The molecule has 1 atom stereocenters. The Labute approximate surface area is 268 Å². The molecule has 0 amide bonds. The molecular weight excluding hydrogens is 562 g/mol. The van der Waals surface area contributed by atoms with Crippen LogP contribution in [0.3, 0.4) is 0 Å². The van der Waals surface area contributed by atoms with Gasteiger partial charge in [0.2, 0.25) is 0 Å². The molecule has 1 aliphatic carbocycles. The minimum absolute atomic E-state index is 0.223. The van der Waals surface area contributed by atoms with Gasteiger partial charge in [0.25, 0.3) is 0 Å². The Morgan fingerprint density at radius 1 is 0.565 bits per heavy atom. The number of fused-ring (bicyclic) bond motifs is 1. The van der Waals surface area contributed by atoms with Crippen LogP contribution in [-0.4, -0.2) is 21.6 Å². The van der Waals surface area contributed by atoms with Gasteiger partial charge in [0, 0.05) is 27.8 Å². The van der Waals surface area contributed by atoms with Crippen molar-refractivity contribution in [3.8, 4) is 33.9 Å². The van der Waals surface area contributed by atoms with Crippen LogP contribution in [-0.2, 0) is 0 Å². The fourth-order valence-electron chi connectivity index (χ4n) is 6.11. The molecule has 1 aromatic heterocycles. The van der Waals surface area contributed by atoms with E-state index in [1.165, 1.54) is 16.0 Å². The summed E-state index contributed by atoms with van der Waals surface area (Å²) in [6.45, 7) is 0. The lowest BCUT2D eigenvalue weighted by atomic mass is 9.95. The summed E-state index contributed by atoms with van der Waals surface area (Å²) < 4.78 is 0. The maximum Gasteiger partial charge on any atom is 0.160 e. The van der Waals surface area contributed by atoms with Crippen molar-refractivity contribution in [1.82, 2.24) is 15.3 Å². The summed E-state index contributed by atoms with van der Waals surface area (Å²) >= 11 is 0. The molecule has 5 heteroatoms. The van der Waals surface area contributed by atoms with Crippen molar-refractivity contribution in [1.29, 1.82) is 0 Å². The van der Waals surface area contributed by atoms with E-state index in [9.17, 15) is 0 Å².